The van der Waals surface area contributed by atoms with Gasteiger partial charge in [-0.2, -0.15) is 0 Å². The number of fused-ring (bicyclic) bond motifs is 1. The first-order valence-corrected chi connectivity index (χ1v) is 6.43. The number of rotatable bonds is 4. The highest BCUT2D eigenvalue weighted by molar-refractivity contribution is 5.75. The number of Topliss-reactive ketones (excluding diaryl/α,β-unsaturated/α-hetero) is 1. The van der Waals surface area contributed by atoms with Crippen LogP contribution in [0.1, 0.15) is 44.2 Å². The summed E-state index contributed by atoms with van der Waals surface area (Å²) in [4.78, 5) is 11.0. The van der Waals surface area contributed by atoms with E-state index in [1.54, 1.807) is 6.92 Å². The molecule has 2 rings (SSSR count). The standard InChI is InChI=1S/C15H20O2/c1-11(16)9-12(2)17-15-8-7-13-5-3-4-6-14(13)10-15/h7-8,10,12H,3-6,9H2,1-2H3. The van der Waals surface area contributed by atoms with E-state index in [0.717, 1.165) is 12.2 Å². The molecule has 92 valence electrons. The maximum absolute atomic E-state index is 11.0. The Morgan fingerprint density at radius 1 is 1.29 bits per heavy atom. The van der Waals surface area contributed by atoms with Gasteiger partial charge in [-0.1, -0.05) is 6.07 Å². The van der Waals surface area contributed by atoms with Crippen LogP contribution in [0.3, 0.4) is 0 Å². The van der Waals surface area contributed by atoms with Gasteiger partial charge in [0, 0.05) is 6.42 Å². The largest absolute Gasteiger partial charge is 0.490 e. The summed E-state index contributed by atoms with van der Waals surface area (Å²) in [5, 5.41) is 0. The second-order valence-electron chi connectivity index (χ2n) is 4.97. The van der Waals surface area contributed by atoms with Gasteiger partial charge in [-0.05, 0) is 62.8 Å². The Kier molecular flexibility index (Phi) is 3.82. The average molecular weight is 232 g/mol. The average Bonchev–Trinajstić information content (AvgIpc) is 2.27. The Morgan fingerprint density at radius 3 is 2.71 bits per heavy atom. The van der Waals surface area contributed by atoms with Crippen LogP contribution < -0.4 is 4.74 Å². The molecule has 0 aromatic heterocycles. The van der Waals surface area contributed by atoms with E-state index in [9.17, 15) is 4.79 Å². The van der Waals surface area contributed by atoms with Crippen molar-refractivity contribution in [3.05, 3.63) is 29.3 Å². The van der Waals surface area contributed by atoms with Crippen molar-refractivity contribution in [1.82, 2.24) is 0 Å². The molecule has 0 amide bonds. The van der Waals surface area contributed by atoms with Gasteiger partial charge in [0.1, 0.15) is 17.6 Å². The number of hydrogen-bond donors (Lipinski definition) is 0. The molecular formula is C15H20O2. The molecule has 1 aromatic rings. The lowest BCUT2D eigenvalue weighted by molar-refractivity contribution is -0.118. The Bertz CT molecular complexity index is 409. The second-order valence-corrected chi connectivity index (χ2v) is 4.97. The summed E-state index contributed by atoms with van der Waals surface area (Å²) in [7, 11) is 0. The SMILES string of the molecule is CC(=O)CC(C)Oc1ccc2c(c1)CCCC2. The molecular weight excluding hydrogens is 212 g/mol. The van der Waals surface area contributed by atoms with Crippen molar-refractivity contribution >= 4 is 5.78 Å². The maximum atomic E-state index is 11.0. The van der Waals surface area contributed by atoms with E-state index in [2.05, 4.69) is 12.1 Å². The third kappa shape index (κ3) is 3.32. The quantitative estimate of drug-likeness (QED) is 0.796. The summed E-state index contributed by atoms with van der Waals surface area (Å²) in [5.74, 6) is 1.08. The molecule has 0 aliphatic heterocycles. The van der Waals surface area contributed by atoms with E-state index in [1.807, 2.05) is 13.0 Å². The molecule has 1 aromatic carbocycles. The van der Waals surface area contributed by atoms with Gasteiger partial charge in [-0.3, -0.25) is 4.79 Å². The van der Waals surface area contributed by atoms with Crippen LogP contribution in [-0.2, 0) is 17.6 Å². The van der Waals surface area contributed by atoms with E-state index < -0.39 is 0 Å². The number of aryl methyl sites for hydroxylation is 2. The molecule has 17 heavy (non-hydrogen) atoms. The van der Waals surface area contributed by atoms with E-state index in [0.29, 0.717) is 6.42 Å². The summed E-state index contributed by atoms with van der Waals surface area (Å²) in [6.07, 6.45) is 5.38. The third-order valence-electron chi connectivity index (χ3n) is 3.23. The lowest BCUT2D eigenvalue weighted by Crippen LogP contribution is -2.15. The van der Waals surface area contributed by atoms with Gasteiger partial charge < -0.3 is 4.74 Å². The van der Waals surface area contributed by atoms with Gasteiger partial charge in [-0.15, -0.1) is 0 Å². The van der Waals surface area contributed by atoms with Crippen LogP contribution in [0.2, 0.25) is 0 Å². The minimum absolute atomic E-state index is 0.0332. The van der Waals surface area contributed by atoms with Crippen molar-refractivity contribution in [2.24, 2.45) is 0 Å². The highest BCUT2D eigenvalue weighted by atomic mass is 16.5. The van der Waals surface area contributed by atoms with Crippen LogP contribution in [-0.4, -0.2) is 11.9 Å². The van der Waals surface area contributed by atoms with Gasteiger partial charge in [-0.25, -0.2) is 0 Å². The summed E-state index contributed by atoms with van der Waals surface area (Å²) < 4.78 is 5.77. The fourth-order valence-corrected chi connectivity index (χ4v) is 2.46. The molecule has 0 saturated heterocycles. The van der Waals surface area contributed by atoms with Crippen molar-refractivity contribution < 1.29 is 9.53 Å². The van der Waals surface area contributed by atoms with Crippen LogP contribution in [0.25, 0.3) is 0 Å². The van der Waals surface area contributed by atoms with E-state index in [4.69, 9.17) is 4.74 Å². The molecule has 1 unspecified atom stereocenters. The van der Waals surface area contributed by atoms with Gasteiger partial charge in [0.15, 0.2) is 0 Å². The number of ketones is 1. The lowest BCUT2D eigenvalue weighted by Gasteiger charge is -2.18. The van der Waals surface area contributed by atoms with Crippen LogP contribution in [0.15, 0.2) is 18.2 Å². The fourth-order valence-electron chi connectivity index (χ4n) is 2.46. The smallest absolute Gasteiger partial charge is 0.133 e. The van der Waals surface area contributed by atoms with Gasteiger partial charge in [0.25, 0.3) is 0 Å². The van der Waals surface area contributed by atoms with Crippen LogP contribution in [0, 0.1) is 0 Å². The Balaban J connectivity index is 2.04. The molecule has 2 nitrogen and oxygen atoms in total. The molecule has 1 aliphatic rings. The summed E-state index contributed by atoms with van der Waals surface area (Å²) in [5.41, 5.74) is 2.88. The third-order valence-corrected chi connectivity index (χ3v) is 3.23. The number of ether oxygens (including phenoxy) is 1. The van der Waals surface area contributed by atoms with Crippen molar-refractivity contribution in [2.75, 3.05) is 0 Å². The Morgan fingerprint density at radius 2 is 2.00 bits per heavy atom. The van der Waals surface area contributed by atoms with Crippen molar-refractivity contribution in [3.63, 3.8) is 0 Å². The number of carbonyl (C=O) groups is 1. The molecule has 2 heteroatoms. The first-order chi connectivity index (χ1) is 8.15. The molecule has 0 radical (unpaired) electrons. The van der Waals surface area contributed by atoms with E-state index >= 15 is 0 Å². The monoisotopic (exact) mass is 232 g/mol. The highest BCUT2D eigenvalue weighted by Gasteiger charge is 2.12. The molecule has 0 heterocycles. The molecule has 1 atom stereocenters. The maximum Gasteiger partial charge on any atom is 0.133 e. The zero-order valence-corrected chi connectivity index (χ0v) is 10.7. The highest BCUT2D eigenvalue weighted by Crippen LogP contribution is 2.26. The number of hydrogen-bond acceptors (Lipinski definition) is 2. The first-order valence-electron chi connectivity index (χ1n) is 6.43. The minimum Gasteiger partial charge on any atom is -0.490 e. The Hall–Kier alpha value is -1.31. The predicted molar refractivity (Wildman–Crippen MR) is 68.5 cm³/mol. The van der Waals surface area contributed by atoms with Crippen LogP contribution in [0.5, 0.6) is 5.75 Å². The van der Waals surface area contributed by atoms with Crippen molar-refractivity contribution in [2.45, 2.75) is 52.1 Å². The molecule has 1 aliphatic carbocycles. The molecule has 0 fully saturated rings. The zero-order valence-electron chi connectivity index (χ0n) is 10.7. The molecule has 0 bridgehead atoms. The van der Waals surface area contributed by atoms with Gasteiger partial charge in [0.2, 0.25) is 0 Å². The zero-order chi connectivity index (χ0) is 12.3. The van der Waals surface area contributed by atoms with Crippen molar-refractivity contribution in [1.29, 1.82) is 0 Å². The van der Waals surface area contributed by atoms with E-state index in [1.165, 1.54) is 30.4 Å². The van der Waals surface area contributed by atoms with Gasteiger partial charge in [0.05, 0.1) is 0 Å². The van der Waals surface area contributed by atoms with Crippen LogP contribution >= 0.6 is 0 Å². The molecule has 0 saturated carbocycles. The number of carbonyl (C=O) groups excluding carboxylic acids is 1. The minimum atomic E-state index is -0.0332. The Labute approximate surface area is 103 Å². The summed E-state index contributed by atoms with van der Waals surface area (Å²) in [6, 6.07) is 6.34. The van der Waals surface area contributed by atoms with Crippen molar-refractivity contribution in [3.8, 4) is 5.75 Å². The topological polar surface area (TPSA) is 26.3 Å². The lowest BCUT2D eigenvalue weighted by atomic mass is 9.92. The van der Waals surface area contributed by atoms with Gasteiger partial charge >= 0.3 is 0 Å². The number of benzene rings is 1. The summed E-state index contributed by atoms with van der Waals surface area (Å²) >= 11 is 0. The predicted octanol–water partition coefficient (Wildman–Crippen LogP) is 3.31. The summed E-state index contributed by atoms with van der Waals surface area (Å²) in [6.45, 7) is 3.55. The second kappa shape index (κ2) is 5.35. The first kappa shape index (κ1) is 12.2. The van der Waals surface area contributed by atoms with Crippen LogP contribution in [0.4, 0.5) is 0 Å². The van der Waals surface area contributed by atoms with E-state index in [-0.39, 0.29) is 11.9 Å². The molecule has 0 N–H and O–H groups in total. The fraction of sp³-hybridized carbons (Fsp3) is 0.533. The molecule has 0 spiro atoms. The normalized spacial score (nSPS) is 16.1.